The zero-order valence-electron chi connectivity index (χ0n) is 22.3. The summed E-state index contributed by atoms with van der Waals surface area (Å²) in [6, 6.07) is 11.1. The molecule has 3 aromatic rings. The number of fused-ring (bicyclic) bond motifs is 1. The fourth-order valence-corrected chi connectivity index (χ4v) is 4.99. The fraction of sp³-hybridized carbons (Fsp3) is 0.357. The van der Waals surface area contributed by atoms with Crippen molar-refractivity contribution >= 4 is 23.3 Å². The Labute approximate surface area is 228 Å². The highest BCUT2D eigenvalue weighted by Gasteiger charge is 2.44. The number of carbonyl (C=O) groups excluding carboxylic acids is 2. The molecule has 210 valence electrons. The van der Waals surface area contributed by atoms with Crippen molar-refractivity contribution < 1.29 is 32.2 Å². The third kappa shape index (κ3) is 5.38. The molecule has 0 radical (unpaired) electrons. The maximum Gasteiger partial charge on any atom is 0.453 e. The number of nitrogens with zero attached hydrogens (tertiary/aromatic N) is 3. The summed E-state index contributed by atoms with van der Waals surface area (Å²) in [6.07, 6.45) is -4.09. The highest BCUT2D eigenvalue weighted by molar-refractivity contribution is 6.00. The van der Waals surface area contributed by atoms with Gasteiger partial charge < -0.3 is 20.1 Å². The van der Waals surface area contributed by atoms with Gasteiger partial charge in [-0.05, 0) is 48.6 Å². The van der Waals surface area contributed by atoms with Gasteiger partial charge in [-0.3, -0.25) is 9.59 Å². The summed E-state index contributed by atoms with van der Waals surface area (Å²) >= 11 is 0. The van der Waals surface area contributed by atoms with Crippen LogP contribution < -0.4 is 20.1 Å². The van der Waals surface area contributed by atoms with Crippen molar-refractivity contribution in [2.24, 2.45) is 5.41 Å². The highest BCUT2D eigenvalue weighted by Crippen LogP contribution is 2.47. The maximum atomic E-state index is 13.5. The van der Waals surface area contributed by atoms with E-state index in [1.54, 1.807) is 30.3 Å². The Kier molecular flexibility index (Phi) is 6.80. The van der Waals surface area contributed by atoms with Crippen molar-refractivity contribution in [2.45, 2.75) is 45.8 Å². The number of allylic oxidation sites excluding steroid dienone is 2. The number of carbonyl (C=O) groups is 2. The zero-order chi connectivity index (χ0) is 28.8. The van der Waals surface area contributed by atoms with E-state index < -0.39 is 18.0 Å². The SMILES string of the molecule is COc1cc(C2C3=C(CC(C)(C)CC3=O)Nc3nc(C(F)(F)F)nn32)ccc1OCC(=O)Nc1ccc(C)cc1. The van der Waals surface area contributed by atoms with Crippen LogP contribution >= 0.6 is 0 Å². The number of methoxy groups -OCH3 is 1. The molecule has 1 aliphatic heterocycles. The van der Waals surface area contributed by atoms with E-state index in [1.165, 1.54) is 7.11 Å². The van der Waals surface area contributed by atoms with Crippen LogP contribution in [-0.2, 0) is 15.8 Å². The molecule has 2 N–H and O–H groups in total. The molecule has 0 fully saturated rings. The lowest BCUT2D eigenvalue weighted by molar-refractivity contribution is -0.145. The lowest BCUT2D eigenvalue weighted by Crippen LogP contribution is -2.36. The minimum absolute atomic E-state index is 0.103. The van der Waals surface area contributed by atoms with E-state index in [2.05, 4.69) is 20.7 Å². The minimum Gasteiger partial charge on any atom is -0.493 e. The second-order valence-electron chi connectivity index (χ2n) is 10.7. The first-order valence-corrected chi connectivity index (χ1v) is 12.6. The second kappa shape index (κ2) is 10.00. The normalized spacial score (nSPS) is 18.0. The van der Waals surface area contributed by atoms with Gasteiger partial charge in [0.2, 0.25) is 5.95 Å². The van der Waals surface area contributed by atoms with Gasteiger partial charge in [-0.1, -0.05) is 37.6 Å². The summed E-state index contributed by atoms with van der Waals surface area (Å²) in [5.74, 6) is -1.50. The van der Waals surface area contributed by atoms with Crippen LogP contribution in [0.2, 0.25) is 0 Å². The van der Waals surface area contributed by atoms with E-state index in [1.807, 2.05) is 32.9 Å². The van der Waals surface area contributed by atoms with Crippen LogP contribution in [-0.4, -0.2) is 40.2 Å². The summed E-state index contributed by atoms with van der Waals surface area (Å²) in [4.78, 5) is 29.4. The molecule has 1 unspecified atom stereocenters. The Morgan fingerprint density at radius 2 is 1.88 bits per heavy atom. The molecule has 2 aliphatic rings. The number of anilines is 2. The summed E-state index contributed by atoms with van der Waals surface area (Å²) in [6.45, 7) is 5.49. The van der Waals surface area contributed by atoms with Crippen molar-refractivity contribution in [1.29, 1.82) is 0 Å². The van der Waals surface area contributed by atoms with Gasteiger partial charge in [0.25, 0.3) is 11.7 Å². The molecule has 5 rings (SSSR count). The molecule has 40 heavy (non-hydrogen) atoms. The van der Waals surface area contributed by atoms with Crippen LogP contribution in [0.3, 0.4) is 0 Å². The van der Waals surface area contributed by atoms with Gasteiger partial charge in [0.15, 0.2) is 23.9 Å². The van der Waals surface area contributed by atoms with Crippen LogP contribution in [0.25, 0.3) is 0 Å². The number of alkyl halides is 3. The van der Waals surface area contributed by atoms with Gasteiger partial charge in [0.05, 0.1) is 7.11 Å². The minimum atomic E-state index is -4.77. The van der Waals surface area contributed by atoms with Gasteiger partial charge >= 0.3 is 6.18 Å². The fourth-order valence-electron chi connectivity index (χ4n) is 4.99. The monoisotopic (exact) mass is 555 g/mol. The summed E-state index contributed by atoms with van der Waals surface area (Å²) in [5.41, 5.74) is 2.61. The largest absolute Gasteiger partial charge is 0.493 e. The molecule has 12 heteroatoms. The molecule has 0 saturated carbocycles. The summed E-state index contributed by atoms with van der Waals surface area (Å²) in [5, 5.41) is 9.39. The molecule has 0 bridgehead atoms. The molecule has 1 amide bonds. The average molecular weight is 556 g/mol. The topological polar surface area (TPSA) is 107 Å². The molecule has 1 atom stereocenters. The van der Waals surface area contributed by atoms with Crippen molar-refractivity contribution in [3.05, 3.63) is 70.7 Å². The number of ketones is 1. The lowest BCUT2D eigenvalue weighted by Gasteiger charge is -2.38. The molecule has 9 nitrogen and oxygen atoms in total. The van der Waals surface area contributed by atoms with Crippen molar-refractivity contribution in [1.82, 2.24) is 14.8 Å². The Hall–Kier alpha value is -4.35. The van der Waals surface area contributed by atoms with Crippen molar-refractivity contribution in [3.63, 3.8) is 0 Å². The van der Waals surface area contributed by atoms with E-state index >= 15 is 0 Å². The first-order valence-electron chi connectivity index (χ1n) is 12.6. The van der Waals surface area contributed by atoms with E-state index in [0.29, 0.717) is 28.9 Å². The standard InChI is InChI=1S/C28H28F3N5O4/c1-15-5-8-17(9-6-15)32-22(38)14-40-20-10-7-16(11-21(20)39-4)24-23-18(12-27(2,3)13-19(23)37)33-26-34-25(28(29,30)31)35-36(24)26/h5-11,24H,12-14H2,1-4H3,(H,32,38)(H,33,34,35). The first kappa shape index (κ1) is 27.2. The molecule has 0 saturated heterocycles. The Balaban J connectivity index is 1.46. The first-order chi connectivity index (χ1) is 18.8. The van der Waals surface area contributed by atoms with Crippen LogP contribution in [0, 0.1) is 12.3 Å². The quantitative estimate of drug-likeness (QED) is 0.426. The van der Waals surface area contributed by atoms with Gasteiger partial charge in [0, 0.05) is 23.4 Å². The van der Waals surface area contributed by atoms with Gasteiger partial charge in [-0.15, -0.1) is 5.10 Å². The molecule has 2 heterocycles. The van der Waals surface area contributed by atoms with Gasteiger partial charge in [0.1, 0.15) is 6.04 Å². The zero-order valence-corrected chi connectivity index (χ0v) is 22.3. The molecular weight excluding hydrogens is 527 g/mol. The molecular formula is C28H28F3N5O4. The van der Waals surface area contributed by atoms with Gasteiger partial charge in [-0.2, -0.15) is 18.2 Å². The Bertz CT molecular complexity index is 1510. The van der Waals surface area contributed by atoms with Crippen LogP contribution in [0.5, 0.6) is 11.5 Å². The van der Waals surface area contributed by atoms with Crippen LogP contribution in [0.1, 0.15) is 49.7 Å². The number of ether oxygens (including phenoxy) is 2. The number of Topliss-reactive ketones (excluding diaryl/α,β-unsaturated/α-hetero) is 1. The number of hydrogen-bond acceptors (Lipinski definition) is 7. The van der Waals surface area contributed by atoms with Crippen LogP contribution in [0.15, 0.2) is 53.7 Å². The van der Waals surface area contributed by atoms with Gasteiger partial charge in [-0.25, -0.2) is 4.68 Å². The third-order valence-electron chi connectivity index (χ3n) is 6.78. The van der Waals surface area contributed by atoms with E-state index in [9.17, 15) is 22.8 Å². The number of nitrogens with one attached hydrogen (secondary N) is 2. The van der Waals surface area contributed by atoms with E-state index in [-0.39, 0.29) is 47.6 Å². The predicted octanol–water partition coefficient (Wildman–Crippen LogP) is 5.29. The average Bonchev–Trinajstić information content (AvgIpc) is 3.31. The summed E-state index contributed by atoms with van der Waals surface area (Å²) in [7, 11) is 1.41. The molecule has 1 aromatic heterocycles. The molecule has 1 aliphatic carbocycles. The lowest BCUT2D eigenvalue weighted by atomic mass is 9.73. The third-order valence-corrected chi connectivity index (χ3v) is 6.78. The maximum absolute atomic E-state index is 13.5. The number of benzene rings is 2. The number of aryl methyl sites for hydroxylation is 1. The smallest absolute Gasteiger partial charge is 0.453 e. The summed E-state index contributed by atoms with van der Waals surface area (Å²) < 4.78 is 52.9. The molecule has 2 aromatic carbocycles. The highest BCUT2D eigenvalue weighted by atomic mass is 19.4. The predicted molar refractivity (Wildman–Crippen MR) is 140 cm³/mol. The Morgan fingerprint density at radius 3 is 2.55 bits per heavy atom. The van der Waals surface area contributed by atoms with Crippen molar-refractivity contribution in [3.8, 4) is 11.5 Å². The number of halogens is 3. The number of aromatic nitrogens is 3. The number of hydrogen-bond donors (Lipinski definition) is 2. The van der Waals surface area contributed by atoms with E-state index in [4.69, 9.17) is 9.47 Å². The van der Waals surface area contributed by atoms with Crippen LogP contribution in [0.4, 0.5) is 24.8 Å². The van der Waals surface area contributed by atoms with Crippen molar-refractivity contribution in [2.75, 3.05) is 24.4 Å². The number of rotatable bonds is 6. The van der Waals surface area contributed by atoms with E-state index in [0.717, 1.165) is 10.2 Å². The Morgan fingerprint density at radius 1 is 1.15 bits per heavy atom. The second-order valence-corrected chi connectivity index (χ2v) is 10.7. The number of amides is 1. The molecule has 0 spiro atoms.